The average molecular weight is 270 g/mol. The van der Waals surface area contributed by atoms with Crippen LogP contribution >= 0.6 is 0 Å². The zero-order valence-corrected chi connectivity index (χ0v) is 12.1. The summed E-state index contributed by atoms with van der Waals surface area (Å²) in [5, 5.41) is 0. The Morgan fingerprint density at radius 1 is 1.25 bits per heavy atom. The van der Waals surface area contributed by atoms with Gasteiger partial charge in [-0.15, -0.1) is 0 Å². The molecule has 16 heavy (non-hydrogen) atoms. The van der Waals surface area contributed by atoms with Gasteiger partial charge in [0, 0.05) is 12.2 Å². The van der Waals surface area contributed by atoms with Gasteiger partial charge < -0.3 is 4.55 Å². The second kappa shape index (κ2) is 10.1. The van der Waals surface area contributed by atoms with Crippen molar-refractivity contribution in [3.63, 3.8) is 0 Å². The van der Waals surface area contributed by atoms with Crippen LogP contribution in [0.15, 0.2) is 0 Å². The first-order valence-corrected chi connectivity index (χ1v) is 9.01. The van der Waals surface area contributed by atoms with E-state index in [0.717, 1.165) is 12.2 Å². The fourth-order valence-corrected chi connectivity index (χ4v) is 2.24. The number of carbonyl (C=O) groups excluding carboxylic acids is 1. The van der Waals surface area contributed by atoms with E-state index in [9.17, 15) is 17.8 Å². The summed E-state index contributed by atoms with van der Waals surface area (Å²) in [7, 11) is -3.63. The molecule has 0 radical (unpaired) electrons. The summed E-state index contributed by atoms with van der Waals surface area (Å²) in [6.07, 6.45) is 6.11. The summed E-state index contributed by atoms with van der Waals surface area (Å²) in [4.78, 5) is 10.6. The lowest BCUT2D eigenvalue weighted by molar-refractivity contribution is -0.116. The molecule has 0 aromatic rings. The summed E-state index contributed by atoms with van der Waals surface area (Å²) in [6.45, 7) is 3.75. The molecule has 0 aliphatic rings. The Kier molecular flexibility index (Phi) is 11.6. The van der Waals surface area contributed by atoms with Crippen molar-refractivity contribution in [1.82, 2.24) is 0 Å². The molecule has 0 saturated carbocycles. The van der Waals surface area contributed by atoms with Crippen molar-refractivity contribution >= 4 is 26.8 Å². The first-order chi connectivity index (χ1) is 7.22. The van der Waals surface area contributed by atoms with Gasteiger partial charge in [0.25, 0.3) is 0 Å². The summed E-state index contributed by atoms with van der Waals surface area (Å²) in [5.74, 6) is 0.943. The first-order valence-electron chi connectivity index (χ1n) is 5.22. The smallest absolute Gasteiger partial charge is 0.181 e. The summed E-state index contributed by atoms with van der Waals surface area (Å²) < 4.78 is 29.5. The van der Waals surface area contributed by atoms with Crippen molar-refractivity contribution in [3.8, 4) is 0 Å². The van der Waals surface area contributed by atoms with Gasteiger partial charge in [-0.25, -0.2) is 8.42 Å². The van der Waals surface area contributed by atoms with Gasteiger partial charge in [0.2, 0.25) is 0 Å². The highest BCUT2D eigenvalue weighted by Crippen LogP contribution is 1.90. The van der Waals surface area contributed by atoms with Gasteiger partial charge >= 0.3 is 0 Å². The van der Waals surface area contributed by atoms with Gasteiger partial charge in [0.05, 0.1) is 22.6 Å². The largest absolute Gasteiger partial charge is 0.748 e. The number of hydrogen-bond acceptors (Lipinski definition) is 4. The molecule has 6 heteroatoms. The van der Waals surface area contributed by atoms with Crippen LogP contribution in [0.3, 0.4) is 0 Å². The third-order valence-corrected chi connectivity index (χ3v) is 3.28. The predicted molar refractivity (Wildman–Crippen MR) is 68.9 cm³/mol. The monoisotopic (exact) mass is 270 g/mol. The van der Waals surface area contributed by atoms with Gasteiger partial charge in [0.15, 0.2) is 11.5 Å². The Bertz CT molecular complexity index is 271. The zero-order chi connectivity index (χ0) is 13.2. The SMILES string of the molecule is CCC(=O)C[S+](C)C.CCCCS(=O)(=O)[O-]. The number of Topliss-reactive ketones (excluding diaryl/α,β-unsaturated/α-hetero) is 1. The molecule has 0 aromatic carbocycles. The summed E-state index contributed by atoms with van der Waals surface area (Å²) >= 11 is 0. The van der Waals surface area contributed by atoms with Gasteiger partial charge in [-0.2, -0.15) is 0 Å². The normalized spacial score (nSPS) is 10.9. The van der Waals surface area contributed by atoms with Crippen LogP contribution in [-0.2, 0) is 25.8 Å². The molecule has 0 N–H and O–H groups in total. The molecule has 0 aromatic heterocycles. The molecule has 0 atom stereocenters. The van der Waals surface area contributed by atoms with E-state index >= 15 is 0 Å². The fraction of sp³-hybridized carbons (Fsp3) is 0.900. The lowest BCUT2D eigenvalue weighted by Crippen LogP contribution is -2.11. The zero-order valence-electron chi connectivity index (χ0n) is 10.5. The van der Waals surface area contributed by atoms with Crippen LogP contribution in [0.4, 0.5) is 0 Å². The van der Waals surface area contributed by atoms with Crippen LogP contribution in [0.2, 0.25) is 0 Å². The topological polar surface area (TPSA) is 74.3 Å². The maximum Gasteiger partial charge on any atom is 0.181 e. The number of ketones is 1. The highest BCUT2D eigenvalue weighted by Gasteiger charge is 2.07. The van der Waals surface area contributed by atoms with Crippen molar-refractivity contribution in [1.29, 1.82) is 0 Å². The van der Waals surface area contributed by atoms with E-state index in [0.29, 0.717) is 29.5 Å². The Balaban J connectivity index is 0. The van der Waals surface area contributed by atoms with Crippen molar-refractivity contribution in [2.75, 3.05) is 24.0 Å². The van der Waals surface area contributed by atoms with E-state index in [1.54, 1.807) is 0 Å². The van der Waals surface area contributed by atoms with E-state index in [1.807, 2.05) is 13.8 Å². The van der Waals surface area contributed by atoms with Crippen LogP contribution < -0.4 is 0 Å². The molecule has 0 saturated heterocycles. The van der Waals surface area contributed by atoms with E-state index in [1.165, 1.54) is 0 Å². The molecule has 4 nitrogen and oxygen atoms in total. The summed E-state index contributed by atoms with van der Waals surface area (Å²) in [6, 6.07) is 0. The van der Waals surface area contributed by atoms with Gasteiger partial charge in [-0.05, 0) is 17.3 Å². The van der Waals surface area contributed by atoms with Crippen LogP contribution in [0.5, 0.6) is 0 Å². The molecule has 0 fully saturated rings. The summed E-state index contributed by atoms with van der Waals surface area (Å²) in [5.41, 5.74) is 0. The minimum absolute atomic E-state index is 0.219. The Morgan fingerprint density at radius 2 is 1.75 bits per heavy atom. The molecular formula is C10H22O4S2. The van der Waals surface area contributed by atoms with E-state index in [4.69, 9.17) is 0 Å². The highest BCUT2D eigenvalue weighted by atomic mass is 32.2. The molecule has 0 heterocycles. The Hall–Kier alpha value is -0.0700. The van der Waals surface area contributed by atoms with Crippen molar-refractivity contribution < 1.29 is 17.8 Å². The van der Waals surface area contributed by atoms with Gasteiger partial charge in [0.1, 0.15) is 0 Å². The van der Waals surface area contributed by atoms with Gasteiger partial charge in [-0.3, -0.25) is 4.79 Å². The van der Waals surface area contributed by atoms with E-state index in [-0.39, 0.29) is 5.75 Å². The van der Waals surface area contributed by atoms with Crippen LogP contribution in [0.25, 0.3) is 0 Å². The quantitative estimate of drug-likeness (QED) is 0.536. The number of carbonyl (C=O) groups is 1. The van der Waals surface area contributed by atoms with E-state index < -0.39 is 10.1 Å². The molecule has 0 amide bonds. The molecule has 0 aliphatic carbocycles. The number of unbranched alkanes of at least 4 members (excludes halogenated alkanes) is 1. The molecular weight excluding hydrogens is 248 g/mol. The average Bonchev–Trinajstić information content (AvgIpc) is 2.13. The fourth-order valence-electron chi connectivity index (χ4n) is 0.745. The molecule has 0 spiro atoms. The lowest BCUT2D eigenvalue weighted by Gasteiger charge is -2.02. The first kappa shape index (κ1) is 18.3. The third kappa shape index (κ3) is 19.5. The van der Waals surface area contributed by atoms with Crippen LogP contribution in [0, 0.1) is 0 Å². The number of rotatable bonds is 6. The molecule has 0 unspecified atom stereocenters. The molecule has 0 bridgehead atoms. The second-order valence-electron chi connectivity index (χ2n) is 3.64. The third-order valence-electron chi connectivity index (χ3n) is 1.59. The predicted octanol–water partition coefficient (Wildman–Crippen LogP) is 1.18. The minimum atomic E-state index is -3.94. The molecule has 0 rings (SSSR count). The van der Waals surface area contributed by atoms with Gasteiger partial charge in [-0.1, -0.05) is 20.3 Å². The Labute approximate surface area is 102 Å². The minimum Gasteiger partial charge on any atom is -0.748 e. The van der Waals surface area contributed by atoms with Crippen LogP contribution in [-0.4, -0.2) is 42.8 Å². The van der Waals surface area contributed by atoms with E-state index in [2.05, 4.69) is 12.5 Å². The standard InChI is InChI=1S/C6H13OS.C4H10O3S/c1-4-6(7)5-8(2)3;1-2-3-4-8(5,6)7/h4-5H2,1-3H3;2-4H2,1H3,(H,5,6,7)/q+1;/p-1. The maximum absolute atomic E-state index is 10.6. The van der Waals surface area contributed by atoms with Crippen molar-refractivity contribution in [2.45, 2.75) is 33.1 Å². The van der Waals surface area contributed by atoms with Crippen molar-refractivity contribution in [3.05, 3.63) is 0 Å². The molecule has 0 aliphatic heterocycles. The lowest BCUT2D eigenvalue weighted by atomic mass is 10.4. The maximum atomic E-state index is 10.6. The molecule has 98 valence electrons. The van der Waals surface area contributed by atoms with Crippen LogP contribution in [0.1, 0.15) is 33.1 Å². The Morgan fingerprint density at radius 3 is 1.88 bits per heavy atom. The van der Waals surface area contributed by atoms with Crippen molar-refractivity contribution in [2.24, 2.45) is 0 Å². The highest BCUT2D eigenvalue weighted by molar-refractivity contribution is 7.96. The second-order valence-corrected chi connectivity index (χ2v) is 7.42. The number of hydrogen-bond donors (Lipinski definition) is 0.